The number of carbonyl (C=O) groups excluding carboxylic acids is 1. The molecule has 6 nitrogen and oxygen atoms in total. The minimum Gasteiger partial charge on any atom is -0.493 e. The highest BCUT2D eigenvalue weighted by Crippen LogP contribution is 2.28. The topological polar surface area (TPSA) is 68.8 Å². The molecule has 1 aromatic carbocycles. The summed E-state index contributed by atoms with van der Waals surface area (Å²) in [6.45, 7) is 5.86. The second kappa shape index (κ2) is 10.0. The number of hydrogen-bond acceptors (Lipinski definition) is 5. The Morgan fingerprint density at radius 2 is 2.05 bits per heavy atom. The average Bonchev–Trinajstić information content (AvgIpc) is 2.51. The lowest BCUT2D eigenvalue weighted by atomic mass is 10.2. The van der Waals surface area contributed by atoms with Crippen molar-refractivity contribution < 1.29 is 19.0 Å². The van der Waals surface area contributed by atoms with Gasteiger partial charge in [0.15, 0.2) is 18.1 Å². The fourth-order valence-electron chi connectivity index (χ4n) is 1.93. The Morgan fingerprint density at radius 1 is 1.27 bits per heavy atom. The molecule has 124 valence electrons. The summed E-state index contributed by atoms with van der Waals surface area (Å²) in [6, 6.07) is 5.93. The Kier molecular flexibility index (Phi) is 8.32. The predicted octanol–water partition coefficient (Wildman–Crippen LogP) is 1.33. The smallest absolute Gasteiger partial charge is 0.257 e. The number of ether oxygens (including phenoxy) is 3. The lowest BCUT2D eigenvalue weighted by Crippen LogP contribution is -2.29. The summed E-state index contributed by atoms with van der Waals surface area (Å²) in [5.74, 6) is 1.02. The fourth-order valence-corrected chi connectivity index (χ4v) is 1.93. The summed E-state index contributed by atoms with van der Waals surface area (Å²) in [5, 5.41) is 6.03. The van der Waals surface area contributed by atoms with Gasteiger partial charge < -0.3 is 24.8 Å². The zero-order chi connectivity index (χ0) is 16.4. The molecule has 1 amide bonds. The molecule has 0 fully saturated rings. The highest BCUT2D eigenvalue weighted by atomic mass is 16.5. The summed E-state index contributed by atoms with van der Waals surface area (Å²) >= 11 is 0. The van der Waals surface area contributed by atoms with Gasteiger partial charge >= 0.3 is 0 Å². The summed E-state index contributed by atoms with van der Waals surface area (Å²) in [7, 11) is 3.26. The van der Waals surface area contributed by atoms with Gasteiger partial charge in [-0.05, 0) is 31.5 Å². The van der Waals surface area contributed by atoms with E-state index in [0.29, 0.717) is 31.2 Å². The van der Waals surface area contributed by atoms with Gasteiger partial charge in [-0.3, -0.25) is 4.79 Å². The van der Waals surface area contributed by atoms with Crippen molar-refractivity contribution in [3.8, 4) is 11.5 Å². The van der Waals surface area contributed by atoms with Crippen LogP contribution in [-0.4, -0.2) is 45.9 Å². The van der Waals surface area contributed by atoms with E-state index in [1.807, 2.05) is 25.1 Å². The number of rotatable bonds is 10. The highest BCUT2D eigenvalue weighted by Gasteiger charge is 2.09. The lowest BCUT2D eigenvalue weighted by Gasteiger charge is -2.15. The van der Waals surface area contributed by atoms with Crippen LogP contribution in [0.25, 0.3) is 0 Å². The molecule has 0 aromatic heterocycles. The first-order chi connectivity index (χ1) is 10.6. The van der Waals surface area contributed by atoms with Crippen LogP contribution < -0.4 is 20.1 Å². The molecule has 2 N–H and O–H groups in total. The van der Waals surface area contributed by atoms with Crippen molar-refractivity contribution in [2.24, 2.45) is 0 Å². The molecule has 1 atom stereocenters. The molecule has 0 aliphatic carbocycles. The minimum atomic E-state index is -0.149. The second-order valence-corrected chi connectivity index (χ2v) is 4.96. The normalized spacial score (nSPS) is 11.8. The highest BCUT2D eigenvalue weighted by molar-refractivity contribution is 5.77. The van der Waals surface area contributed by atoms with Crippen LogP contribution >= 0.6 is 0 Å². The van der Waals surface area contributed by atoms with E-state index in [2.05, 4.69) is 17.6 Å². The third kappa shape index (κ3) is 6.32. The fraction of sp³-hybridized carbons (Fsp3) is 0.562. The maximum Gasteiger partial charge on any atom is 0.257 e. The maximum absolute atomic E-state index is 11.4. The Bertz CT molecular complexity index is 465. The molecule has 0 spiro atoms. The van der Waals surface area contributed by atoms with Gasteiger partial charge in [0.05, 0.1) is 13.7 Å². The molecule has 0 aliphatic rings. The van der Waals surface area contributed by atoms with E-state index in [-0.39, 0.29) is 18.6 Å². The van der Waals surface area contributed by atoms with Gasteiger partial charge in [-0.25, -0.2) is 0 Å². The van der Waals surface area contributed by atoms with Gasteiger partial charge in [-0.2, -0.15) is 0 Å². The standard InChI is InChI=1S/C16H26N2O4/c1-5-17-16(19)11-22-14-7-6-13(8-15(14)21-4)9-18-12(2)10-20-3/h6-8,12,18H,5,9-11H2,1-4H3,(H,17,19). The van der Waals surface area contributed by atoms with Crippen molar-refractivity contribution in [1.29, 1.82) is 0 Å². The third-order valence-electron chi connectivity index (χ3n) is 3.03. The number of carbonyl (C=O) groups is 1. The van der Waals surface area contributed by atoms with Crippen LogP contribution in [0.4, 0.5) is 0 Å². The van der Waals surface area contributed by atoms with Crippen molar-refractivity contribution in [2.45, 2.75) is 26.4 Å². The van der Waals surface area contributed by atoms with E-state index in [1.165, 1.54) is 0 Å². The van der Waals surface area contributed by atoms with Crippen molar-refractivity contribution in [3.05, 3.63) is 23.8 Å². The Labute approximate surface area is 132 Å². The van der Waals surface area contributed by atoms with Crippen molar-refractivity contribution in [3.63, 3.8) is 0 Å². The monoisotopic (exact) mass is 310 g/mol. The molecule has 1 aromatic rings. The average molecular weight is 310 g/mol. The number of amides is 1. The van der Waals surface area contributed by atoms with Crippen LogP contribution in [0.5, 0.6) is 11.5 Å². The summed E-state index contributed by atoms with van der Waals surface area (Å²) < 4.78 is 15.9. The van der Waals surface area contributed by atoms with E-state index in [9.17, 15) is 4.79 Å². The van der Waals surface area contributed by atoms with Crippen LogP contribution in [0.1, 0.15) is 19.4 Å². The first kappa shape index (κ1) is 18.3. The molecule has 6 heteroatoms. The zero-order valence-corrected chi connectivity index (χ0v) is 13.8. The largest absolute Gasteiger partial charge is 0.493 e. The van der Waals surface area contributed by atoms with Gasteiger partial charge in [0.2, 0.25) is 0 Å². The number of nitrogens with one attached hydrogen (secondary N) is 2. The Balaban J connectivity index is 2.60. The first-order valence-electron chi connectivity index (χ1n) is 7.39. The van der Waals surface area contributed by atoms with Gasteiger partial charge in [0.1, 0.15) is 0 Å². The maximum atomic E-state index is 11.4. The molecule has 0 bridgehead atoms. The first-order valence-corrected chi connectivity index (χ1v) is 7.39. The summed E-state index contributed by atoms with van der Waals surface area (Å²) in [6.07, 6.45) is 0. The molecule has 0 radical (unpaired) electrons. The molecular formula is C16H26N2O4. The molecule has 0 saturated carbocycles. The minimum absolute atomic E-state index is 0.0212. The van der Waals surface area contributed by atoms with Crippen LogP contribution in [0.2, 0.25) is 0 Å². The zero-order valence-electron chi connectivity index (χ0n) is 13.8. The van der Waals surface area contributed by atoms with E-state index in [4.69, 9.17) is 14.2 Å². The van der Waals surface area contributed by atoms with Gasteiger partial charge in [0.25, 0.3) is 5.91 Å². The second-order valence-electron chi connectivity index (χ2n) is 4.96. The number of likely N-dealkylation sites (N-methyl/N-ethyl adjacent to an activating group) is 1. The lowest BCUT2D eigenvalue weighted by molar-refractivity contribution is -0.123. The molecule has 1 unspecified atom stereocenters. The Hall–Kier alpha value is -1.79. The van der Waals surface area contributed by atoms with Crippen LogP contribution in [0.3, 0.4) is 0 Å². The van der Waals surface area contributed by atoms with Gasteiger partial charge in [-0.15, -0.1) is 0 Å². The molecule has 0 aliphatic heterocycles. The molecule has 0 saturated heterocycles. The molecule has 22 heavy (non-hydrogen) atoms. The number of benzene rings is 1. The molecule has 0 heterocycles. The van der Waals surface area contributed by atoms with E-state index in [1.54, 1.807) is 14.2 Å². The van der Waals surface area contributed by atoms with Crippen LogP contribution in [0, 0.1) is 0 Å². The summed E-state index contributed by atoms with van der Waals surface area (Å²) in [5.41, 5.74) is 1.07. The number of methoxy groups -OCH3 is 2. The Morgan fingerprint density at radius 3 is 2.68 bits per heavy atom. The summed E-state index contributed by atoms with van der Waals surface area (Å²) in [4.78, 5) is 11.4. The van der Waals surface area contributed by atoms with Gasteiger partial charge in [0, 0.05) is 26.2 Å². The van der Waals surface area contributed by atoms with Crippen molar-refractivity contribution in [2.75, 3.05) is 34.0 Å². The van der Waals surface area contributed by atoms with E-state index < -0.39 is 0 Å². The van der Waals surface area contributed by atoms with Gasteiger partial charge in [-0.1, -0.05) is 6.07 Å². The van der Waals surface area contributed by atoms with Crippen molar-refractivity contribution in [1.82, 2.24) is 10.6 Å². The SMILES string of the molecule is CCNC(=O)COc1ccc(CNC(C)COC)cc1OC. The van der Waals surface area contributed by atoms with Crippen LogP contribution in [0.15, 0.2) is 18.2 Å². The van der Waals surface area contributed by atoms with E-state index >= 15 is 0 Å². The quantitative estimate of drug-likeness (QED) is 0.682. The van der Waals surface area contributed by atoms with Crippen molar-refractivity contribution >= 4 is 5.91 Å². The van der Waals surface area contributed by atoms with Crippen LogP contribution in [-0.2, 0) is 16.1 Å². The molecule has 1 rings (SSSR count). The third-order valence-corrected chi connectivity index (χ3v) is 3.03. The number of hydrogen-bond donors (Lipinski definition) is 2. The predicted molar refractivity (Wildman–Crippen MR) is 85.4 cm³/mol. The van der Waals surface area contributed by atoms with E-state index in [0.717, 1.165) is 5.56 Å². The molecular weight excluding hydrogens is 284 g/mol.